The zero-order chi connectivity index (χ0) is 31.4. The molecule has 0 radical (unpaired) electrons. The summed E-state index contributed by atoms with van der Waals surface area (Å²) in [6.45, 7) is 11.0. The molecule has 0 bridgehead atoms. The summed E-state index contributed by atoms with van der Waals surface area (Å²) < 4.78 is 32.0. The van der Waals surface area contributed by atoms with E-state index in [9.17, 15) is 0 Å². The second-order valence-electron chi connectivity index (χ2n) is 12.8. The third-order valence-electron chi connectivity index (χ3n) is 8.48. The Hall–Kier alpha value is 0.168. The molecule has 2 N–H and O–H groups in total. The van der Waals surface area contributed by atoms with Crippen molar-refractivity contribution in [2.75, 3.05) is 19.6 Å². The Morgan fingerprint density at radius 3 is 0.643 bits per heavy atom. The molecule has 42 heavy (non-hydrogen) atoms. The number of unbranched alkanes of at least 4 members (excludes halogenated alkanes) is 27. The van der Waals surface area contributed by atoms with Crippen LogP contribution >= 0.6 is 0 Å². The van der Waals surface area contributed by atoms with Gasteiger partial charge < -0.3 is 4.90 Å². The van der Waals surface area contributed by atoms with Gasteiger partial charge in [-0.3, -0.25) is 0 Å². The summed E-state index contributed by atoms with van der Waals surface area (Å²) in [7, 11) is 0. The predicted octanol–water partition coefficient (Wildman–Crippen LogP) is 11.7. The molecule has 5 nitrogen and oxygen atoms in total. The van der Waals surface area contributed by atoms with Gasteiger partial charge in [-0.1, -0.05) is 194 Å². The number of hydrogen-bond donors (Lipinski definition) is 2. The average molecular weight is 684 g/mol. The summed E-state index contributed by atoms with van der Waals surface area (Å²) in [5, 5.41) is 0. The molecule has 0 amide bonds. The van der Waals surface area contributed by atoms with Gasteiger partial charge in [0.25, 0.3) is 0 Å². The van der Waals surface area contributed by atoms with Gasteiger partial charge >= 0.3 is 31.1 Å². The van der Waals surface area contributed by atoms with Crippen molar-refractivity contribution in [2.45, 2.75) is 213 Å². The van der Waals surface area contributed by atoms with E-state index in [-0.39, 0.29) is 0 Å². The summed E-state index contributed by atoms with van der Waals surface area (Å²) in [6.07, 6.45) is 43.6. The molecule has 0 fully saturated rings. The minimum absolute atomic E-state index is 1.37. The van der Waals surface area contributed by atoms with E-state index in [4.69, 9.17) is 14.3 Å². The van der Waals surface area contributed by atoms with E-state index in [1.165, 1.54) is 212 Å². The number of rotatable bonds is 33. The fraction of sp³-hybridized carbons (Fsp3) is 1.00. The summed E-state index contributed by atoms with van der Waals surface area (Å²) in [6, 6.07) is 0. The van der Waals surface area contributed by atoms with Gasteiger partial charge in [-0.25, -0.2) is 0 Å². The Morgan fingerprint density at radius 2 is 0.476 bits per heavy atom. The van der Waals surface area contributed by atoms with Crippen LogP contribution in [0.15, 0.2) is 0 Å². The van der Waals surface area contributed by atoms with Crippen LogP contribution in [0.2, 0.25) is 0 Å². The Kier molecular flexibility index (Phi) is 39.4. The first-order valence-electron chi connectivity index (χ1n) is 18.8. The molecule has 0 aliphatic rings. The van der Waals surface area contributed by atoms with Gasteiger partial charge in [0.2, 0.25) is 0 Å². The topological polar surface area (TPSA) is 77.8 Å². The van der Waals surface area contributed by atoms with E-state index in [1.54, 1.807) is 0 Å². The van der Waals surface area contributed by atoms with Crippen LogP contribution in [0, 0.1) is 0 Å². The second kappa shape index (κ2) is 37.4. The predicted molar refractivity (Wildman–Crippen MR) is 178 cm³/mol. The standard InChI is InChI=1S/C36H75N.Mo.2H2O.2O/c1-4-7-10-13-16-19-22-25-28-31-34-37(35-32-29-26-23-20-17-14-11-8-5-2)36-33-30-27-24-21-18-15-12-9-6-3;;;;;/h4-36H2,1-3H3;;2*1H2;;/q;+2;;;;/p-2. The van der Waals surface area contributed by atoms with Crippen LogP contribution in [0.3, 0.4) is 0 Å². The van der Waals surface area contributed by atoms with Crippen molar-refractivity contribution in [3.63, 3.8) is 0 Å². The van der Waals surface area contributed by atoms with E-state index in [0.29, 0.717) is 0 Å². The SMILES string of the molecule is CCCCCCCCCCCCN(CCCCCCCCCCCC)CCCCCCCCCCCC.[O]=[Mo](=[O])([OH])[OH]. The van der Waals surface area contributed by atoms with Crippen molar-refractivity contribution in [2.24, 2.45) is 0 Å². The molecule has 256 valence electrons. The van der Waals surface area contributed by atoms with Gasteiger partial charge in [-0.2, -0.15) is 0 Å². The molecule has 0 saturated heterocycles. The summed E-state index contributed by atoms with van der Waals surface area (Å²) in [5.74, 6) is 0. The van der Waals surface area contributed by atoms with Crippen molar-refractivity contribution in [1.29, 1.82) is 0 Å². The Labute approximate surface area is 268 Å². The van der Waals surface area contributed by atoms with Gasteiger partial charge in [0, 0.05) is 0 Å². The molecule has 0 atom stereocenters. The van der Waals surface area contributed by atoms with Gasteiger partial charge in [0.15, 0.2) is 0 Å². The average Bonchev–Trinajstić information content (AvgIpc) is 2.94. The molecule has 0 heterocycles. The molecule has 0 aliphatic carbocycles. The summed E-state index contributed by atoms with van der Waals surface area (Å²) in [4.78, 5) is 2.85. The quantitative estimate of drug-likeness (QED) is 0.0532. The van der Waals surface area contributed by atoms with Crippen molar-refractivity contribution in [1.82, 2.24) is 4.90 Å². The van der Waals surface area contributed by atoms with Crippen molar-refractivity contribution < 1.29 is 31.1 Å². The van der Waals surface area contributed by atoms with E-state index in [2.05, 4.69) is 25.7 Å². The summed E-state index contributed by atoms with van der Waals surface area (Å²) >= 11 is -5.52. The Balaban J connectivity index is 0. The summed E-state index contributed by atoms with van der Waals surface area (Å²) in [5.41, 5.74) is 0. The maximum absolute atomic E-state index is 8.85. The van der Waals surface area contributed by atoms with Crippen LogP contribution in [0.5, 0.6) is 0 Å². The van der Waals surface area contributed by atoms with Crippen LogP contribution in [0.4, 0.5) is 0 Å². The first-order chi connectivity index (χ1) is 20.3. The van der Waals surface area contributed by atoms with Crippen LogP contribution < -0.4 is 0 Å². The first kappa shape index (κ1) is 44.3. The van der Waals surface area contributed by atoms with E-state index in [1.807, 2.05) is 0 Å². The normalized spacial score (nSPS) is 11.7. The van der Waals surface area contributed by atoms with Gasteiger partial charge in [-0.05, 0) is 38.9 Å². The number of hydrogen-bond acceptors (Lipinski definition) is 3. The second-order valence-corrected chi connectivity index (χ2v) is 15.0. The van der Waals surface area contributed by atoms with Gasteiger partial charge in [0.05, 0.1) is 0 Å². The molecule has 0 unspecified atom stereocenters. The molecule has 0 saturated carbocycles. The van der Waals surface area contributed by atoms with Crippen molar-refractivity contribution in [3.8, 4) is 0 Å². The minimum atomic E-state index is -5.52. The molecular weight excluding hydrogens is 606 g/mol. The fourth-order valence-corrected chi connectivity index (χ4v) is 5.80. The van der Waals surface area contributed by atoms with E-state index >= 15 is 0 Å². The molecule has 0 aliphatic heterocycles. The molecular formula is C36H77MoNO4. The third kappa shape index (κ3) is 47.1. The third-order valence-corrected chi connectivity index (χ3v) is 8.48. The Morgan fingerprint density at radius 1 is 0.333 bits per heavy atom. The molecule has 0 rings (SSSR count). The first-order valence-corrected chi connectivity index (χ1v) is 22.2. The van der Waals surface area contributed by atoms with Crippen LogP contribution in [0.25, 0.3) is 0 Å². The van der Waals surface area contributed by atoms with Crippen molar-refractivity contribution in [3.05, 3.63) is 0 Å². The molecule has 0 spiro atoms. The fourth-order valence-electron chi connectivity index (χ4n) is 5.80. The van der Waals surface area contributed by atoms with E-state index < -0.39 is 16.7 Å². The van der Waals surface area contributed by atoms with Crippen LogP contribution in [-0.2, 0) is 23.5 Å². The van der Waals surface area contributed by atoms with Crippen LogP contribution in [0.1, 0.15) is 213 Å². The zero-order valence-electron chi connectivity index (χ0n) is 28.9. The molecule has 6 heteroatoms. The Bertz CT molecular complexity index is 520. The van der Waals surface area contributed by atoms with Crippen LogP contribution in [-0.4, -0.2) is 32.1 Å². The maximum atomic E-state index is 8.85. The van der Waals surface area contributed by atoms with Gasteiger partial charge in [0.1, 0.15) is 0 Å². The van der Waals surface area contributed by atoms with Gasteiger partial charge in [-0.15, -0.1) is 0 Å². The van der Waals surface area contributed by atoms with Crippen molar-refractivity contribution >= 4 is 0 Å². The number of nitrogens with zero attached hydrogens (tertiary/aromatic N) is 1. The zero-order valence-corrected chi connectivity index (χ0v) is 30.9. The molecule has 0 aromatic rings. The molecule has 0 aromatic heterocycles. The molecule has 0 aromatic carbocycles. The van der Waals surface area contributed by atoms with E-state index in [0.717, 1.165) is 0 Å². The monoisotopic (exact) mass is 685 g/mol.